The van der Waals surface area contributed by atoms with Crippen molar-refractivity contribution in [3.05, 3.63) is 78.4 Å². The summed E-state index contributed by atoms with van der Waals surface area (Å²) in [6.07, 6.45) is 0. The van der Waals surface area contributed by atoms with Crippen LogP contribution in [0.1, 0.15) is 24.2 Å². The van der Waals surface area contributed by atoms with Crippen LogP contribution in [-0.2, 0) is 14.8 Å². The number of anilines is 3. The van der Waals surface area contributed by atoms with Crippen LogP contribution in [0.25, 0.3) is 0 Å². The van der Waals surface area contributed by atoms with E-state index in [9.17, 15) is 18.0 Å². The quantitative estimate of drug-likeness (QED) is 0.475. The smallest absolute Gasteiger partial charge is 0.261 e. The second kappa shape index (κ2) is 9.97. The standard InChI is InChI=1S/C23H23N3O5S/c1-3-31-21-12-10-18(11-13-21)26-32(29,30)22-9-4-6-17(14-22)23(28)25-20-8-5-7-19(15-20)24-16(2)27/h4-15,26H,3H2,1-2H3,(H,24,27)(H,25,28). The Hall–Kier alpha value is -3.85. The molecule has 3 rings (SSSR count). The topological polar surface area (TPSA) is 114 Å². The Morgan fingerprint density at radius 3 is 2.16 bits per heavy atom. The monoisotopic (exact) mass is 453 g/mol. The third-order valence-electron chi connectivity index (χ3n) is 4.26. The Labute approximate surface area is 186 Å². The number of hydrogen-bond acceptors (Lipinski definition) is 5. The fourth-order valence-corrected chi connectivity index (χ4v) is 3.99. The number of carbonyl (C=O) groups is 2. The Balaban J connectivity index is 1.75. The lowest BCUT2D eigenvalue weighted by molar-refractivity contribution is -0.114. The first-order valence-corrected chi connectivity index (χ1v) is 11.3. The van der Waals surface area contributed by atoms with Crippen LogP contribution < -0.4 is 20.1 Å². The highest BCUT2D eigenvalue weighted by Gasteiger charge is 2.17. The molecular formula is C23H23N3O5S. The molecule has 0 spiro atoms. The highest BCUT2D eigenvalue weighted by atomic mass is 32.2. The van der Waals surface area contributed by atoms with E-state index in [0.717, 1.165) is 0 Å². The van der Waals surface area contributed by atoms with Gasteiger partial charge >= 0.3 is 0 Å². The van der Waals surface area contributed by atoms with E-state index >= 15 is 0 Å². The van der Waals surface area contributed by atoms with E-state index in [4.69, 9.17) is 4.74 Å². The average Bonchev–Trinajstić information content (AvgIpc) is 2.75. The van der Waals surface area contributed by atoms with E-state index in [-0.39, 0.29) is 16.4 Å². The van der Waals surface area contributed by atoms with E-state index in [2.05, 4.69) is 15.4 Å². The third-order valence-corrected chi connectivity index (χ3v) is 5.64. The molecule has 2 amide bonds. The lowest BCUT2D eigenvalue weighted by atomic mass is 10.2. The molecule has 166 valence electrons. The van der Waals surface area contributed by atoms with Gasteiger partial charge in [-0.2, -0.15) is 0 Å². The number of sulfonamides is 1. The van der Waals surface area contributed by atoms with Gasteiger partial charge in [0.05, 0.1) is 11.5 Å². The second-order valence-corrected chi connectivity index (χ2v) is 8.49. The molecule has 0 unspecified atom stereocenters. The maximum Gasteiger partial charge on any atom is 0.261 e. The minimum atomic E-state index is -3.91. The van der Waals surface area contributed by atoms with E-state index < -0.39 is 15.9 Å². The molecule has 0 aliphatic carbocycles. The summed E-state index contributed by atoms with van der Waals surface area (Å²) in [7, 11) is -3.91. The van der Waals surface area contributed by atoms with Crippen molar-refractivity contribution in [1.82, 2.24) is 0 Å². The predicted octanol–water partition coefficient (Wildman–Crippen LogP) is 4.10. The van der Waals surface area contributed by atoms with Crippen molar-refractivity contribution in [3.63, 3.8) is 0 Å². The first kappa shape index (κ1) is 22.8. The summed E-state index contributed by atoms with van der Waals surface area (Å²) in [6, 6.07) is 18.9. The van der Waals surface area contributed by atoms with Gasteiger partial charge in [-0.05, 0) is 67.6 Å². The van der Waals surface area contributed by atoms with Gasteiger partial charge in [-0.1, -0.05) is 12.1 Å². The number of benzene rings is 3. The van der Waals surface area contributed by atoms with Gasteiger partial charge in [0.2, 0.25) is 5.91 Å². The third kappa shape index (κ3) is 6.08. The van der Waals surface area contributed by atoms with E-state index in [1.54, 1.807) is 48.5 Å². The molecule has 0 bridgehead atoms. The molecule has 0 atom stereocenters. The fraction of sp³-hybridized carbons (Fsp3) is 0.130. The molecule has 0 aromatic heterocycles. The molecule has 32 heavy (non-hydrogen) atoms. The van der Waals surface area contributed by atoms with Crippen molar-refractivity contribution < 1.29 is 22.7 Å². The zero-order valence-corrected chi connectivity index (χ0v) is 18.4. The van der Waals surface area contributed by atoms with Gasteiger partial charge in [0.15, 0.2) is 0 Å². The number of carbonyl (C=O) groups excluding carboxylic acids is 2. The average molecular weight is 454 g/mol. The SMILES string of the molecule is CCOc1ccc(NS(=O)(=O)c2cccc(C(=O)Nc3cccc(NC(C)=O)c3)c2)cc1. The van der Waals surface area contributed by atoms with Gasteiger partial charge in [0, 0.05) is 29.5 Å². The predicted molar refractivity (Wildman–Crippen MR) is 124 cm³/mol. The highest BCUT2D eigenvalue weighted by Crippen LogP contribution is 2.21. The highest BCUT2D eigenvalue weighted by molar-refractivity contribution is 7.92. The fourth-order valence-electron chi connectivity index (χ4n) is 2.89. The number of rotatable bonds is 8. The van der Waals surface area contributed by atoms with Crippen molar-refractivity contribution in [1.29, 1.82) is 0 Å². The van der Waals surface area contributed by atoms with E-state index in [1.807, 2.05) is 6.92 Å². The van der Waals surface area contributed by atoms with Gasteiger partial charge in [-0.15, -0.1) is 0 Å². The normalized spacial score (nSPS) is 10.8. The first-order chi connectivity index (χ1) is 15.3. The van der Waals surface area contributed by atoms with Crippen LogP contribution in [0, 0.1) is 0 Å². The molecule has 9 heteroatoms. The Morgan fingerprint density at radius 1 is 0.844 bits per heavy atom. The summed E-state index contributed by atoms with van der Waals surface area (Å²) in [5.74, 6) is -0.0776. The van der Waals surface area contributed by atoms with Crippen LogP contribution in [-0.4, -0.2) is 26.8 Å². The second-order valence-electron chi connectivity index (χ2n) is 6.81. The minimum absolute atomic E-state index is 0.0500. The van der Waals surface area contributed by atoms with Gasteiger partial charge in [0.25, 0.3) is 15.9 Å². The maximum absolute atomic E-state index is 12.8. The van der Waals surface area contributed by atoms with Crippen molar-refractivity contribution >= 4 is 38.9 Å². The number of hydrogen-bond donors (Lipinski definition) is 3. The van der Waals surface area contributed by atoms with Crippen LogP contribution in [0.15, 0.2) is 77.7 Å². The van der Waals surface area contributed by atoms with Crippen LogP contribution in [0.3, 0.4) is 0 Å². The Morgan fingerprint density at radius 2 is 1.50 bits per heavy atom. The number of nitrogens with one attached hydrogen (secondary N) is 3. The van der Waals surface area contributed by atoms with Gasteiger partial charge in [0.1, 0.15) is 5.75 Å². The summed E-state index contributed by atoms with van der Waals surface area (Å²) < 4.78 is 33.4. The zero-order chi connectivity index (χ0) is 23.1. The summed E-state index contributed by atoms with van der Waals surface area (Å²) in [5.41, 5.74) is 1.54. The lowest BCUT2D eigenvalue weighted by Gasteiger charge is -2.11. The van der Waals surface area contributed by atoms with Crippen LogP contribution in [0.5, 0.6) is 5.75 Å². The maximum atomic E-state index is 12.8. The van der Waals surface area contributed by atoms with Crippen LogP contribution in [0.2, 0.25) is 0 Å². The number of ether oxygens (including phenoxy) is 1. The molecule has 3 aromatic rings. The zero-order valence-electron chi connectivity index (χ0n) is 17.6. The summed E-state index contributed by atoms with van der Waals surface area (Å²) in [6.45, 7) is 3.76. The Kier molecular flexibility index (Phi) is 7.11. The molecular weight excluding hydrogens is 430 g/mol. The molecule has 0 aliphatic rings. The largest absolute Gasteiger partial charge is 0.494 e. The Bertz CT molecular complexity index is 1220. The lowest BCUT2D eigenvalue weighted by Crippen LogP contribution is -2.16. The molecule has 0 aliphatic heterocycles. The molecule has 0 heterocycles. The molecule has 3 aromatic carbocycles. The van der Waals surface area contributed by atoms with Crippen LogP contribution in [0.4, 0.5) is 17.1 Å². The van der Waals surface area contributed by atoms with Crippen molar-refractivity contribution in [2.75, 3.05) is 22.0 Å². The molecule has 0 saturated carbocycles. The van der Waals surface area contributed by atoms with Crippen molar-refractivity contribution in [2.45, 2.75) is 18.7 Å². The molecule has 3 N–H and O–H groups in total. The van der Waals surface area contributed by atoms with E-state index in [1.165, 1.54) is 31.2 Å². The summed E-state index contributed by atoms with van der Waals surface area (Å²) in [4.78, 5) is 23.8. The van der Waals surface area contributed by atoms with Gasteiger partial charge in [-0.3, -0.25) is 14.3 Å². The molecule has 0 radical (unpaired) electrons. The summed E-state index contributed by atoms with van der Waals surface area (Å²) in [5, 5.41) is 5.33. The molecule has 0 fully saturated rings. The van der Waals surface area contributed by atoms with Crippen molar-refractivity contribution in [3.8, 4) is 5.75 Å². The number of amides is 2. The van der Waals surface area contributed by atoms with Gasteiger partial charge in [-0.25, -0.2) is 8.42 Å². The minimum Gasteiger partial charge on any atom is -0.494 e. The molecule has 8 nitrogen and oxygen atoms in total. The van der Waals surface area contributed by atoms with Crippen molar-refractivity contribution in [2.24, 2.45) is 0 Å². The summed E-state index contributed by atoms with van der Waals surface area (Å²) >= 11 is 0. The van der Waals surface area contributed by atoms with Gasteiger partial charge < -0.3 is 15.4 Å². The molecule has 0 saturated heterocycles. The van der Waals surface area contributed by atoms with E-state index in [0.29, 0.717) is 29.4 Å². The van der Waals surface area contributed by atoms with Crippen LogP contribution >= 0.6 is 0 Å². The first-order valence-electron chi connectivity index (χ1n) is 9.81.